The summed E-state index contributed by atoms with van der Waals surface area (Å²) in [6.45, 7) is 1.03. The number of nitrogens with zero attached hydrogens (tertiary/aromatic N) is 1. The van der Waals surface area contributed by atoms with Crippen molar-refractivity contribution >= 4 is 31.5 Å². The molecule has 4 rings (SSSR count). The van der Waals surface area contributed by atoms with Gasteiger partial charge < -0.3 is 5.32 Å². The first-order chi connectivity index (χ1) is 14.8. The molecule has 0 unspecified atom stereocenters. The topological polar surface area (TPSA) is 101 Å². The van der Waals surface area contributed by atoms with Crippen molar-refractivity contribution in [2.24, 2.45) is 0 Å². The predicted molar refractivity (Wildman–Crippen MR) is 118 cm³/mol. The molecule has 0 bridgehead atoms. The number of carbonyl (C=O) groups is 1. The van der Waals surface area contributed by atoms with E-state index in [4.69, 9.17) is 0 Å². The maximum atomic E-state index is 13.4. The molecular formula is C22H26N2O5S2. The molecule has 31 heavy (non-hydrogen) atoms. The summed E-state index contributed by atoms with van der Waals surface area (Å²) in [4.78, 5) is 13.5. The van der Waals surface area contributed by atoms with Gasteiger partial charge in [-0.3, -0.25) is 4.79 Å². The minimum absolute atomic E-state index is 0.138. The number of carbonyl (C=O) groups excluding carboxylic acids is 1. The SMILES string of the molecule is O=C(Nc1ccc(S(=O)(=O)N2CCCC2)cc1)C1(S(=O)(=O)c2ccccc2)CCCC1. The minimum atomic E-state index is -3.88. The Labute approximate surface area is 183 Å². The standard InChI is InChI=1S/C22H26N2O5S2/c25-21(22(14-4-5-15-22)30(26,27)19-8-2-1-3-9-19)23-18-10-12-20(13-11-18)31(28,29)24-16-6-7-17-24/h1-3,8-13H,4-7,14-17H2,(H,23,25). The van der Waals surface area contributed by atoms with Crippen molar-refractivity contribution in [3.8, 4) is 0 Å². The highest BCUT2D eigenvalue weighted by molar-refractivity contribution is 7.93. The lowest BCUT2D eigenvalue weighted by Crippen LogP contribution is -2.47. The van der Waals surface area contributed by atoms with E-state index in [0.29, 0.717) is 31.6 Å². The van der Waals surface area contributed by atoms with E-state index in [-0.39, 0.29) is 22.6 Å². The lowest BCUT2D eigenvalue weighted by molar-refractivity contribution is -0.118. The fourth-order valence-electron chi connectivity index (χ4n) is 4.42. The van der Waals surface area contributed by atoms with Crippen molar-refractivity contribution < 1.29 is 21.6 Å². The summed E-state index contributed by atoms with van der Waals surface area (Å²) in [7, 11) is -7.42. The third-order valence-corrected chi connectivity index (χ3v) is 10.6. The van der Waals surface area contributed by atoms with Crippen LogP contribution in [0.2, 0.25) is 0 Å². The van der Waals surface area contributed by atoms with E-state index >= 15 is 0 Å². The van der Waals surface area contributed by atoms with Crippen molar-refractivity contribution in [1.82, 2.24) is 4.31 Å². The van der Waals surface area contributed by atoms with Crippen LogP contribution in [-0.2, 0) is 24.7 Å². The van der Waals surface area contributed by atoms with Crippen molar-refractivity contribution in [2.75, 3.05) is 18.4 Å². The second-order valence-corrected chi connectivity index (χ2v) is 12.3. The van der Waals surface area contributed by atoms with Gasteiger partial charge in [-0.05, 0) is 62.1 Å². The molecule has 1 aliphatic carbocycles. The van der Waals surface area contributed by atoms with E-state index in [1.54, 1.807) is 18.2 Å². The van der Waals surface area contributed by atoms with E-state index < -0.39 is 30.5 Å². The average Bonchev–Trinajstić information content (AvgIpc) is 3.48. The molecule has 1 saturated heterocycles. The quantitative estimate of drug-likeness (QED) is 0.711. The van der Waals surface area contributed by atoms with Gasteiger partial charge in [0, 0.05) is 18.8 Å². The highest BCUT2D eigenvalue weighted by Gasteiger charge is 2.52. The van der Waals surface area contributed by atoms with Crippen LogP contribution in [0.5, 0.6) is 0 Å². The number of hydrogen-bond acceptors (Lipinski definition) is 5. The molecule has 0 spiro atoms. The van der Waals surface area contributed by atoms with Crippen molar-refractivity contribution in [1.29, 1.82) is 0 Å². The van der Waals surface area contributed by atoms with Crippen molar-refractivity contribution in [3.05, 3.63) is 54.6 Å². The summed E-state index contributed by atoms with van der Waals surface area (Å²) >= 11 is 0. The third-order valence-electron chi connectivity index (χ3n) is 6.21. The van der Waals surface area contributed by atoms with Crippen LogP contribution >= 0.6 is 0 Å². The number of benzene rings is 2. The van der Waals surface area contributed by atoms with Crippen LogP contribution in [0, 0.1) is 0 Å². The van der Waals surface area contributed by atoms with Crippen LogP contribution in [0.25, 0.3) is 0 Å². The molecule has 2 aromatic rings. The van der Waals surface area contributed by atoms with Gasteiger partial charge in [-0.25, -0.2) is 16.8 Å². The Kier molecular flexibility index (Phi) is 5.93. The second kappa shape index (κ2) is 8.37. The van der Waals surface area contributed by atoms with Crippen LogP contribution in [0.1, 0.15) is 38.5 Å². The molecule has 0 atom stereocenters. The molecule has 7 nitrogen and oxygen atoms in total. The number of hydrogen-bond donors (Lipinski definition) is 1. The van der Waals surface area contributed by atoms with Gasteiger partial charge in [-0.2, -0.15) is 4.31 Å². The third kappa shape index (κ3) is 3.90. The zero-order chi connectivity index (χ0) is 22.1. The summed E-state index contributed by atoms with van der Waals surface area (Å²) in [5.74, 6) is -0.566. The Morgan fingerprint density at radius 2 is 1.35 bits per heavy atom. The van der Waals surface area contributed by atoms with Crippen LogP contribution < -0.4 is 5.32 Å². The fourth-order valence-corrected chi connectivity index (χ4v) is 8.03. The fraction of sp³-hybridized carbons (Fsp3) is 0.409. The molecule has 0 aromatic heterocycles. The zero-order valence-corrected chi connectivity index (χ0v) is 18.8. The van der Waals surface area contributed by atoms with Gasteiger partial charge in [0.05, 0.1) is 9.79 Å². The number of rotatable bonds is 6. The predicted octanol–water partition coefficient (Wildman–Crippen LogP) is 3.20. The zero-order valence-electron chi connectivity index (χ0n) is 17.2. The van der Waals surface area contributed by atoms with Crippen LogP contribution in [-0.4, -0.2) is 44.9 Å². The van der Waals surface area contributed by atoms with E-state index in [2.05, 4.69) is 5.32 Å². The first kappa shape index (κ1) is 22.0. The maximum absolute atomic E-state index is 13.4. The second-order valence-electron chi connectivity index (χ2n) is 8.11. The van der Waals surface area contributed by atoms with Crippen LogP contribution in [0.4, 0.5) is 5.69 Å². The lowest BCUT2D eigenvalue weighted by atomic mass is 10.1. The normalized spacial score (nSPS) is 19.4. The molecule has 166 valence electrons. The molecule has 9 heteroatoms. The maximum Gasteiger partial charge on any atom is 0.246 e. The van der Waals surface area contributed by atoms with Crippen molar-refractivity contribution in [2.45, 2.75) is 53.1 Å². The molecule has 2 fully saturated rings. The molecule has 1 saturated carbocycles. The Morgan fingerprint density at radius 3 is 1.94 bits per heavy atom. The monoisotopic (exact) mass is 462 g/mol. The molecular weight excluding hydrogens is 436 g/mol. The van der Waals surface area contributed by atoms with E-state index in [1.165, 1.54) is 40.7 Å². The van der Waals surface area contributed by atoms with Gasteiger partial charge in [0.25, 0.3) is 0 Å². The summed E-state index contributed by atoms with van der Waals surface area (Å²) in [6.07, 6.45) is 3.55. The molecule has 1 N–H and O–H groups in total. The first-order valence-electron chi connectivity index (χ1n) is 10.5. The highest BCUT2D eigenvalue weighted by Crippen LogP contribution is 2.41. The van der Waals surface area contributed by atoms with E-state index in [9.17, 15) is 21.6 Å². The van der Waals surface area contributed by atoms with Crippen LogP contribution in [0.15, 0.2) is 64.4 Å². The van der Waals surface area contributed by atoms with Gasteiger partial charge >= 0.3 is 0 Å². The Bertz CT molecular complexity index is 1150. The number of nitrogens with one attached hydrogen (secondary N) is 1. The largest absolute Gasteiger partial charge is 0.325 e. The molecule has 0 radical (unpaired) electrons. The highest BCUT2D eigenvalue weighted by atomic mass is 32.2. The minimum Gasteiger partial charge on any atom is -0.325 e. The molecule has 1 aliphatic heterocycles. The first-order valence-corrected chi connectivity index (χ1v) is 13.4. The Hall–Kier alpha value is -2.23. The number of sulfonamides is 1. The molecule has 2 aliphatic rings. The summed E-state index contributed by atoms with van der Waals surface area (Å²) in [5.41, 5.74) is 0.375. The lowest BCUT2D eigenvalue weighted by Gasteiger charge is -2.27. The number of amides is 1. The van der Waals surface area contributed by atoms with E-state index in [1.807, 2.05) is 0 Å². The van der Waals surface area contributed by atoms with Gasteiger partial charge in [-0.1, -0.05) is 31.0 Å². The smallest absolute Gasteiger partial charge is 0.246 e. The average molecular weight is 463 g/mol. The van der Waals surface area contributed by atoms with Crippen molar-refractivity contribution in [3.63, 3.8) is 0 Å². The van der Waals surface area contributed by atoms with Gasteiger partial charge in [0.15, 0.2) is 14.6 Å². The molecule has 1 amide bonds. The van der Waals surface area contributed by atoms with Gasteiger partial charge in [0.1, 0.15) is 0 Å². The number of sulfone groups is 1. The molecule has 1 heterocycles. The van der Waals surface area contributed by atoms with Crippen LogP contribution in [0.3, 0.4) is 0 Å². The number of anilines is 1. The summed E-state index contributed by atoms with van der Waals surface area (Å²) in [6, 6.07) is 14.0. The van der Waals surface area contributed by atoms with E-state index in [0.717, 1.165) is 12.8 Å². The van der Waals surface area contributed by atoms with Gasteiger partial charge in [-0.15, -0.1) is 0 Å². The Balaban J connectivity index is 1.58. The Morgan fingerprint density at radius 1 is 0.774 bits per heavy atom. The summed E-state index contributed by atoms with van der Waals surface area (Å²) < 4.78 is 52.0. The summed E-state index contributed by atoms with van der Waals surface area (Å²) in [5, 5.41) is 2.72. The van der Waals surface area contributed by atoms with Gasteiger partial charge in [0.2, 0.25) is 15.9 Å². The molecule has 2 aromatic carbocycles.